The maximum Gasteiger partial charge on any atom is 0.306 e. The predicted octanol–water partition coefficient (Wildman–Crippen LogP) is 19.8. The van der Waals surface area contributed by atoms with E-state index in [4.69, 9.17) is 14.2 Å². The Balaban J connectivity index is 4.28. The Morgan fingerprint density at radius 2 is 0.500 bits per heavy atom. The molecule has 0 aliphatic heterocycles. The van der Waals surface area contributed by atoms with Crippen molar-refractivity contribution in [3.63, 3.8) is 0 Å². The molecule has 0 heterocycles. The van der Waals surface area contributed by atoms with Crippen LogP contribution < -0.4 is 0 Å². The second-order valence-corrected chi connectivity index (χ2v) is 21.1. The summed E-state index contributed by atoms with van der Waals surface area (Å²) in [6.07, 6.45) is 59.5. The highest BCUT2D eigenvalue weighted by molar-refractivity contribution is 5.71. The zero-order valence-electron chi connectivity index (χ0n) is 45.2. The summed E-state index contributed by atoms with van der Waals surface area (Å²) < 4.78 is 16.9. The van der Waals surface area contributed by atoms with Crippen molar-refractivity contribution in [1.29, 1.82) is 0 Å². The third kappa shape index (κ3) is 53.4. The standard InChI is InChI=1S/C60H116O6/c1-5-7-9-11-13-15-17-19-20-21-22-23-24-28-33-37-41-45-49-53-60(63)66-57(54-64-58(61)51-47-43-39-35-31-26-18-16-14-12-10-8-6-2)55-65-59(62)52-48-44-40-36-32-29-25-27-30-34-38-42-46-50-56(3)4/h56-57H,5-55H2,1-4H3/t57-/m0/s1. The van der Waals surface area contributed by atoms with Gasteiger partial charge in [0.15, 0.2) is 6.10 Å². The van der Waals surface area contributed by atoms with E-state index in [1.165, 1.54) is 238 Å². The van der Waals surface area contributed by atoms with Gasteiger partial charge in [-0.3, -0.25) is 14.4 Å². The van der Waals surface area contributed by atoms with Gasteiger partial charge in [-0.25, -0.2) is 0 Å². The van der Waals surface area contributed by atoms with Gasteiger partial charge in [0.05, 0.1) is 0 Å². The third-order valence-electron chi connectivity index (χ3n) is 13.8. The first-order valence-corrected chi connectivity index (χ1v) is 29.9. The quantitative estimate of drug-likeness (QED) is 0.0343. The van der Waals surface area contributed by atoms with Gasteiger partial charge in [0.25, 0.3) is 0 Å². The number of esters is 3. The van der Waals surface area contributed by atoms with E-state index in [2.05, 4.69) is 27.7 Å². The molecule has 1 atom stereocenters. The van der Waals surface area contributed by atoms with Gasteiger partial charge in [-0.15, -0.1) is 0 Å². The molecule has 0 amide bonds. The van der Waals surface area contributed by atoms with E-state index in [0.717, 1.165) is 63.7 Å². The predicted molar refractivity (Wildman–Crippen MR) is 284 cm³/mol. The Morgan fingerprint density at radius 1 is 0.288 bits per heavy atom. The molecule has 0 aromatic rings. The maximum atomic E-state index is 12.9. The second kappa shape index (κ2) is 54.4. The van der Waals surface area contributed by atoms with Crippen molar-refractivity contribution in [3.05, 3.63) is 0 Å². The molecule has 0 rings (SSSR count). The summed E-state index contributed by atoms with van der Waals surface area (Å²) in [5.41, 5.74) is 0. The molecule has 0 aliphatic carbocycles. The van der Waals surface area contributed by atoms with Crippen LogP contribution in [-0.2, 0) is 28.6 Å². The lowest BCUT2D eigenvalue weighted by atomic mass is 10.0. The van der Waals surface area contributed by atoms with Crippen LogP contribution in [0.3, 0.4) is 0 Å². The van der Waals surface area contributed by atoms with E-state index in [0.29, 0.717) is 19.3 Å². The molecule has 0 radical (unpaired) electrons. The van der Waals surface area contributed by atoms with Crippen LogP contribution in [0, 0.1) is 5.92 Å². The number of carbonyl (C=O) groups excluding carboxylic acids is 3. The Bertz CT molecular complexity index is 996. The van der Waals surface area contributed by atoms with E-state index in [1.54, 1.807) is 0 Å². The highest BCUT2D eigenvalue weighted by atomic mass is 16.6. The molecule has 0 saturated carbocycles. The van der Waals surface area contributed by atoms with Crippen LogP contribution >= 0.6 is 0 Å². The molecule has 0 bridgehead atoms. The largest absolute Gasteiger partial charge is 0.462 e. The number of hydrogen-bond acceptors (Lipinski definition) is 6. The molecular formula is C60H116O6. The van der Waals surface area contributed by atoms with Crippen molar-refractivity contribution in [3.8, 4) is 0 Å². The summed E-state index contributed by atoms with van der Waals surface area (Å²) in [7, 11) is 0. The lowest BCUT2D eigenvalue weighted by Crippen LogP contribution is -2.30. The summed E-state index contributed by atoms with van der Waals surface area (Å²) in [6, 6.07) is 0. The summed E-state index contributed by atoms with van der Waals surface area (Å²) in [5, 5.41) is 0. The van der Waals surface area contributed by atoms with Gasteiger partial charge >= 0.3 is 17.9 Å². The molecule has 0 saturated heterocycles. The van der Waals surface area contributed by atoms with E-state index >= 15 is 0 Å². The van der Waals surface area contributed by atoms with Crippen molar-refractivity contribution in [2.75, 3.05) is 13.2 Å². The fourth-order valence-corrected chi connectivity index (χ4v) is 9.28. The molecule has 392 valence electrons. The Labute approximate surface area is 412 Å². The minimum atomic E-state index is -0.762. The van der Waals surface area contributed by atoms with Gasteiger partial charge in [-0.2, -0.15) is 0 Å². The Morgan fingerprint density at radius 3 is 0.742 bits per heavy atom. The molecule has 6 heteroatoms. The minimum Gasteiger partial charge on any atom is -0.462 e. The van der Waals surface area contributed by atoms with E-state index in [-0.39, 0.29) is 31.1 Å². The normalized spacial score (nSPS) is 12.0. The topological polar surface area (TPSA) is 78.9 Å². The van der Waals surface area contributed by atoms with Crippen LogP contribution in [0.1, 0.15) is 342 Å². The van der Waals surface area contributed by atoms with Gasteiger partial charge in [0.2, 0.25) is 0 Å². The van der Waals surface area contributed by atoms with Gasteiger partial charge in [-0.1, -0.05) is 304 Å². The van der Waals surface area contributed by atoms with Crippen molar-refractivity contribution in [2.24, 2.45) is 5.92 Å². The molecule has 0 fully saturated rings. The number of hydrogen-bond donors (Lipinski definition) is 0. The van der Waals surface area contributed by atoms with Gasteiger partial charge in [-0.05, 0) is 25.2 Å². The van der Waals surface area contributed by atoms with Crippen molar-refractivity contribution >= 4 is 17.9 Å². The molecule has 0 aromatic carbocycles. The van der Waals surface area contributed by atoms with Gasteiger partial charge < -0.3 is 14.2 Å². The van der Waals surface area contributed by atoms with Gasteiger partial charge in [0, 0.05) is 19.3 Å². The average molecular weight is 934 g/mol. The SMILES string of the molecule is CCCCCCCCCCCCCCCCCCCCCC(=O)O[C@@H](COC(=O)CCCCCCCCCCCCCCC)COC(=O)CCCCCCCCCCCCCCCC(C)C. The lowest BCUT2D eigenvalue weighted by Gasteiger charge is -2.18. The monoisotopic (exact) mass is 933 g/mol. The molecule has 0 aromatic heterocycles. The average Bonchev–Trinajstić information content (AvgIpc) is 3.30. The molecule has 0 aliphatic rings. The summed E-state index contributed by atoms with van der Waals surface area (Å²) >= 11 is 0. The Kier molecular flexibility index (Phi) is 53.0. The highest BCUT2D eigenvalue weighted by Crippen LogP contribution is 2.18. The zero-order chi connectivity index (χ0) is 48.1. The second-order valence-electron chi connectivity index (χ2n) is 21.1. The Hall–Kier alpha value is -1.59. The minimum absolute atomic E-state index is 0.0617. The summed E-state index contributed by atoms with van der Waals surface area (Å²) in [5.74, 6) is 0.00655. The lowest BCUT2D eigenvalue weighted by molar-refractivity contribution is -0.167. The fraction of sp³-hybridized carbons (Fsp3) is 0.950. The number of unbranched alkanes of at least 4 members (excludes halogenated alkanes) is 42. The fourth-order valence-electron chi connectivity index (χ4n) is 9.28. The first kappa shape index (κ1) is 64.4. The molecule has 0 unspecified atom stereocenters. The smallest absolute Gasteiger partial charge is 0.306 e. The first-order valence-electron chi connectivity index (χ1n) is 29.9. The zero-order valence-corrected chi connectivity index (χ0v) is 45.2. The van der Waals surface area contributed by atoms with Crippen molar-refractivity contribution < 1.29 is 28.6 Å². The van der Waals surface area contributed by atoms with Crippen molar-refractivity contribution in [2.45, 2.75) is 348 Å². The van der Waals surface area contributed by atoms with E-state index in [9.17, 15) is 14.4 Å². The van der Waals surface area contributed by atoms with Crippen LogP contribution in [0.25, 0.3) is 0 Å². The summed E-state index contributed by atoms with van der Waals surface area (Å²) in [4.78, 5) is 38.2. The third-order valence-corrected chi connectivity index (χ3v) is 13.8. The number of carbonyl (C=O) groups is 3. The first-order chi connectivity index (χ1) is 32.4. The molecule has 0 spiro atoms. The van der Waals surface area contributed by atoms with Crippen LogP contribution in [0.2, 0.25) is 0 Å². The molecule has 66 heavy (non-hydrogen) atoms. The molecule has 6 nitrogen and oxygen atoms in total. The van der Waals surface area contributed by atoms with Crippen LogP contribution in [0.15, 0.2) is 0 Å². The molecular weight excluding hydrogens is 817 g/mol. The van der Waals surface area contributed by atoms with Crippen LogP contribution in [-0.4, -0.2) is 37.2 Å². The summed E-state index contributed by atoms with van der Waals surface area (Å²) in [6.45, 7) is 9.07. The molecule has 0 N–H and O–H groups in total. The number of ether oxygens (including phenoxy) is 3. The number of rotatable bonds is 55. The van der Waals surface area contributed by atoms with Gasteiger partial charge in [0.1, 0.15) is 13.2 Å². The van der Waals surface area contributed by atoms with E-state index < -0.39 is 6.10 Å². The highest BCUT2D eigenvalue weighted by Gasteiger charge is 2.19. The maximum absolute atomic E-state index is 12.9. The van der Waals surface area contributed by atoms with Crippen molar-refractivity contribution in [1.82, 2.24) is 0 Å². The van der Waals surface area contributed by atoms with E-state index in [1.807, 2.05) is 0 Å². The van der Waals surface area contributed by atoms with Crippen LogP contribution in [0.5, 0.6) is 0 Å². The van der Waals surface area contributed by atoms with Crippen LogP contribution in [0.4, 0.5) is 0 Å².